The lowest BCUT2D eigenvalue weighted by Gasteiger charge is -2.14. The molecule has 2 unspecified atom stereocenters. The number of thioether (sulfide) groups is 2. The van der Waals surface area contributed by atoms with Crippen molar-refractivity contribution in [2.45, 2.75) is 46.0 Å². The molecule has 0 N–H and O–H groups in total. The normalized spacial score (nSPS) is 27.6. The Hall–Kier alpha value is 0.700. The molecule has 1 saturated carbocycles. The maximum Gasteiger partial charge on any atom is -0.00392 e. The highest BCUT2D eigenvalue weighted by Crippen LogP contribution is 2.31. The molecule has 0 aromatic carbocycles. The smallest absolute Gasteiger partial charge is 0.00392 e. The topological polar surface area (TPSA) is 0 Å². The van der Waals surface area contributed by atoms with Crippen LogP contribution in [0.25, 0.3) is 0 Å². The average Bonchev–Trinajstić information content (AvgIpc) is 2.49. The second-order valence-electron chi connectivity index (χ2n) is 4.56. The lowest BCUT2D eigenvalue weighted by molar-refractivity contribution is 0.485. The molecule has 0 bridgehead atoms. The molecule has 0 aromatic heterocycles. The van der Waals surface area contributed by atoms with Gasteiger partial charge >= 0.3 is 0 Å². The quantitative estimate of drug-likeness (QED) is 0.624. The fourth-order valence-electron chi connectivity index (χ4n) is 2.36. The van der Waals surface area contributed by atoms with Gasteiger partial charge < -0.3 is 0 Å². The van der Waals surface area contributed by atoms with E-state index in [9.17, 15) is 0 Å². The molecule has 1 fully saturated rings. The third-order valence-corrected chi connectivity index (χ3v) is 5.55. The summed E-state index contributed by atoms with van der Waals surface area (Å²) in [6, 6.07) is 0. The predicted molar refractivity (Wildman–Crippen MR) is 76.1 cm³/mol. The van der Waals surface area contributed by atoms with E-state index in [0.29, 0.717) is 0 Å². The van der Waals surface area contributed by atoms with Crippen molar-refractivity contribution in [1.82, 2.24) is 0 Å². The summed E-state index contributed by atoms with van der Waals surface area (Å²) in [6.07, 6.45) is 7.49. The molecule has 2 heteroatoms. The van der Waals surface area contributed by atoms with Gasteiger partial charge in [-0.1, -0.05) is 20.3 Å². The zero-order chi connectivity index (χ0) is 10.9. The first kappa shape index (κ1) is 13.8. The Morgan fingerprint density at radius 2 is 1.27 bits per heavy atom. The third-order valence-electron chi connectivity index (χ3n) is 3.32. The van der Waals surface area contributed by atoms with Gasteiger partial charge in [0.2, 0.25) is 0 Å². The van der Waals surface area contributed by atoms with Gasteiger partial charge in [0.15, 0.2) is 0 Å². The Bertz CT molecular complexity index is 131. The SMILES string of the molecule is CCSCC1CCCC(CSCC)CC1. The van der Waals surface area contributed by atoms with Gasteiger partial charge in [0.1, 0.15) is 0 Å². The standard InChI is InChI=1S/C13H26S2/c1-3-14-10-12-6-5-7-13(9-8-12)11-15-4-2/h12-13H,3-11H2,1-2H3. The van der Waals surface area contributed by atoms with E-state index < -0.39 is 0 Å². The first-order chi connectivity index (χ1) is 7.36. The number of hydrogen-bond donors (Lipinski definition) is 0. The zero-order valence-electron chi connectivity index (χ0n) is 10.3. The summed E-state index contributed by atoms with van der Waals surface area (Å²) in [5.41, 5.74) is 0. The minimum absolute atomic E-state index is 1.03. The molecular formula is C13H26S2. The van der Waals surface area contributed by atoms with Crippen LogP contribution in [0.3, 0.4) is 0 Å². The summed E-state index contributed by atoms with van der Waals surface area (Å²) in [5.74, 6) is 7.50. The van der Waals surface area contributed by atoms with Crippen molar-refractivity contribution in [3.8, 4) is 0 Å². The summed E-state index contributed by atoms with van der Waals surface area (Å²) in [7, 11) is 0. The largest absolute Gasteiger partial charge is 0.162 e. The van der Waals surface area contributed by atoms with Gasteiger partial charge in [-0.2, -0.15) is 23.5 Å². The minimum atomic E-state index is 1.03. The molecule has 0 spiro atoms. The van der Waals surface area contributed by atoms with Gasteiger partial charge in [0.05, 0.1) is 0 Å². The maximum absolute atomic E-state index is 2.28. The van der Waals surface area contributed by atoms with E-state index in [1.165, 1.54) is 55.1 Å². The van der Waals surface area contributed by atoms with Crippen molar-refractivity contribution in [1.29, 1.82) is 0 Å². The molecule has 0 saturated heterocycles. The molecule has 0 radical (unpaired) electrons. The Labute approximate surface area is 104 Å². The lowest BCUT2D eigenvalue weighted by Crippen LogP contribution is -2.04. The molecule has 1 rings (SSSR count). The van der Waals surface area contributed by atoms with Crippen molar-refractivity contribution in [2.75, 3.05) is 23.0 Å². The van der Waals surface area contributed by atoms with E-state index in [2.05, 4.69) is 37.4 Å². The molecule has 0 nitrogen and oxygen atoms in total. The Morgan fingerprint density at radius 3 is 1.67 bits per heavy atom. The fraction of sp³-hybridized carbons (Fsp3) is 1.00. The van der Waals surface area contributed by atoms with Crippen molar-refractivity contribution in [3.05, 3.63) is 0 Å². The first-order valence-electron chi connectivity index (χ1n) is 6.52. The van der Waals surface area contributed by atoms with E-state index in [-0.39, 0.29) is 0 Å². The van der Waals surface area contributed by atoms with E-state index in [0.717, 1.165) is 11.8 Å². The summed E-state index contributed by atoms with van der Waals surface area (Å²) in [6.45, 7) is 4.56. The Morgan fingerprint density at radius 1 is 0.800 bits per heavy atom. The predicted octanol–water partition coefficient (Wildman–Crippen LogP) is 4.69. The van der Waals surface area contributed by atoms with E-state index in [1.807, 2.05) is 0 Å². The van der Waals surface area contributed by atoms with Crippen molar-refractivity contribution in [2.24, 2.45) is 11.8 Å². The Kier molecular flexibility index (Phi) is 8.08. The molecule has 15 heavy (non-hydrogen) atoms. The summed E-state index contributed by atoms with van der Waals surface area (Å²) < 4.78 is 0. The van der Waals surface area contributed by atoms with Gasteiger partial charge in [0.25, 0.3) is 0 Å². The monoisotopic (exact) mass is 246 g/mol. The van der Waals surface area contributed by atoms with Crippen LogP contribution >= 0.6 is 23.5 Å². The first-order valence-corrected chi connectivity index (χ1v) is 8.83. The van der Waals surface area contributed by atoms with Crippen molar-refractivity contribution in [3.63, 3.8) is 0 Å². The van der Waals surface area contributed by atoms with Gasteiger partial charge in [-0.3, -0.25) is 0 Å². The molecular weight excluding hydrogens is 220 g/mol. The number of hydrogen-bond acceptors (Lipinski definition) is 2. The van der Waals surface area contributed by atoms with Crippen molar-refractivity contribution >= 4 is 23.5 Å². The highest BCUT2D eigenvalue weighted by molar-refractivity contribution is 7.99. The molecule has 2 atom stereocenters. The van der Waals surface area contributed by atoms with Crippen LogP contribution < -0.4 is 0 Å². The van der Waals surface area contributed by atoms with Gasteiger partial charge in [-0.15, -0.1) is 0 Å². The second kappa shape index (κ2) is 8.81. The van der Waals surface area contributed by atoms with Gasteiger partial charge in [-0.25, -0.2) is 0 Å². The van der Waals surface area contributed by atoms with Crippen molar-refractivity contribution < 1.29 is 0 Å². The highest BCUT2D eigenvalue weighted by atomic mass is 32.2. The zero-order valence-corrected chi connectivity index (χ0v) is 12.0. The third kappa shape index (κ3) is 6.11. The summed E-state index contributed by atoms with van der Waals surface area (Å²) in [4.78, 5) is 0. The number of rotatable bonds is 6. The lowest BCUT2D eigenvalue weighted by atomic mass is 10.0. The molecule has 1 aliphatic carbocycles. The van der Waals surface area contributed by atoms with E-state index in [4.69, 9.17) is 0 Å². The van der Waals surface area contributed by atoms with Crippen LogP contribution in [0.4, 0.5) is 0 Å². The highest BCUT2D eigenvalue weighted by Gasteiger charge is 2.18. The van der Waals surface area contributed by atoms with E-state index >= 15 is 0 Å². The van der Waals surface area contributed by atoms with Crippen LogP contribution in [0.1, 0.15) is 46.0 Å². The van der Waals surface area contributed by atoms with Crippen LogP contribution in [0.15, 0.2) is 0 Å². The van der Waals surface area contributed by atoms with Crippen LogP contribution in [0.5, 0.6) is 0 Å². The molecule has 0 aliphatic heterocycles. The Balaban J connectivity index is 2.16. The van der Waals surface area contributed by atoms with E-state index in [1.54, 1.807) is 0 Å². The van der Waals surface area contributed by atoms with Crippen LogP contribution in [-0.2, 0) is 0 Å². The summed E-state index contributed by atoms with van der Waals surface area (Å²) >= 11 is 4.28. The van der Waals surface area contributed by atoms with Crippen LogP contribution in [0, 0.1) is 11.8 Å². The molecule has 0 amide bonds. The van der Waals surface area contributed by atoms with Crippen LogP contribution in [0.2, 0.25) is 0 Å². The molecule has 0 aromatic rings. The maximum atomic E-state index is 2.28. The molecule has 1 aliphatic rings. The van der Waals surface area contributed by atoms with Gasteiger partial charge in [0, 0.05) is 0 Å². The summed E-state index contributed by atoms with van der Waals surface area (Å²) in [5, 5.41) is 0. The minimum Gasteiger partial charge on any atom is -0.162 e. The van der Waals surface area contributed by atoms with Crippen LogP contribution in [-0.4, -0.2) is 23.0 Å². The van der Waals surface area contributed by atoms with Gasteiger partial charge in [-0.05, 0) is 60.5 Å². The molecule has 90 valence electrons. The molecule has 0 heterocycles. The second-order valence-corrected chi connectivity index (χ2v) is 7.20. The fourth-order valence-corrected chi connectivity index (χ4v) is 4.16. The average molecular weight is 246 g/mol.